The van der Waals surface area contributed by atoms with Crippen LogP contribution >= 0.6 is 11.3 Å². The average molecular weight is 239 g/mol. The maximum Gasteiger partial charge on any atom is 0.308 e. The maximum atomic E-state index is 10.5. The molecule has 1 fully saturated rings. The highest BCUT2D eigenvalue weighted by Gasteiger charge is 2.30. The third-order valence-electron chi connectivity index (χ3n) is 3.19. The first kappa shape index (κ1) is 11.6. The minimum atomic E-state index is -0.757. The molecule has 1 aromatic rings. The van der Waals surface area contributed by atoms with Crippen LogP contribution in [0.1, 0.15) is 35.9 Å². The highest BCUT2D eigenvalue weighted by molar-refractivity contribution is 7.12. The van der Waals surface area contributed by atoms with Gasteiger partial charge in [0.25, 0.3) is 0 Å². The first-order valence-electron chi connectivity index (χ1n) is 5.62. The highest BCUT2D eigenvalue weighted by atomic mass is 32.1. The molecule has 0 spiro atoms. The summed E-state index contributed by atoms with van der Waals surface area (Å²) in [7, 11) is 0. The highest BCUT2D eigenvalue weighted by Crippen LogP contribution is 2.31. The van der Waals surface area contributed by atoms with E-state index in [0.717, 1.165) is 11.4 Å². The molecule has 4 heteroatoms. The third kappa shape index (κ3) is 2.83. The van der Waals surface area contributed by atoms with Crippen LogP contribution in [-0.4, -0.2) is 16.6 Å². The van der Waals surface area contributed by atoms with Crippen LogP contribution in [-0.2, 0) is 17.8 Å². The Hall–Kier alpha value is -0.870. The van der Waals surface area contributed by atoms with Crippen LogP contribution < -0.4 is 5.32 Å². The van der Waals surface area contributed by atoms with Crippen molar-refractivity contribution in [1.29, 1.82) is 0 Å². The fraction of sp³-hybridized carbons (Fsp3) is 0.583. The Bertz CT molecular complexity index is 382. The molecule has 3 nitrogen and oxygen atoms in total. The molecular weight excluding hydrogens is 222 g/mol. The lowest BCUT2D eigenvalue weighted by molar-refractivity contribution is -0.136. The molecule has 0 saturated heterocycles. The van der Waals surface area contributed by atoms with Gasteiger partial charge < -0.3 is 10.4 Å². The van der Waals surface area contributed by atoms with Crippen molar-refractivity contribution >= 4 is 17.3 Å². The maximum absolute atomic E-state index is 10.5. The summed E-state index contributed by atoms with van der Waals surface area (Å²) in [5.41, 5.74) is 0.316. The van der Waals surface area contributed by atoms with Gasteiger partial charge in [-0.1, -0.05) is 0 Å². The largest absolute Gasteiger partial charge is 0.481 e. The van der Waals surface area contributed by atoms with Gasteiger partial charge in [-0.3, -0.25) is 4.79 Å². The number of carboxylic acids is 1. The molecule has 2 N–H and O–H groups in total. The fourth-order valence-corrected chi connectivity index (χ4v) is 2.89. The van der Waals surface area contributed by atoms with E-state index in [1.807, 2.05) is 12.1 Å². The van der Waals surface area contributed by atoms with Crippen LogP contribution in [0.25, 0.3) is 0 Å². The summed E-state index contributed by atoms with van der Waals surface area (Å²) in [5.74, 6) is -0.757. The number of aliphatic carboxylic acids is 1. The van der Waals surface area contributed by atoms with Crippen molar-refractivity contribution in [2.75, 3.05) is 0 Å². The smallest absolute Gasteiger partial charge is 0.308 e. The minimum Gasteiger partial charge on any atom is -0.481 e. The molecule has 2 rings (SSSR count). The molecule has 0 unspecified atom stereocenters. The van der Waals surface area contributed by atoms with Gasteiger partial charge in [0.2, 0.25) is 0 Å². The summed E-state index contributed by atoms with van der Waals surface area (Å²) in [6.45, 7) is 3.11. The standard InChI is InChI=1S/C12H17NO2S/c1-12(5-2-6-12)13-8-10-4-3-9(16-10)7-11(14)15/h3-4,13H,2,5-8H2,1H3,(H,14,15). The molecule has 0 radical (unpaired) electrons. The Balaban J connectivity index is 1.85. The summed E-state index contributed by atoms with van der Waals surface area (Å²) < 4.78 is 0. The van der Waals surface area contributed by atoms with Crippen molar-refractivity contribution in [2.24, 2.45) is 0 Å². The molecule has 0 aliphatic heterocycles. The predicted octanol–water partition coefficient (Wildman–Crippen LogP) is 2.41. The molecule has 0 atom stereocenters. The lowest BCUT2D eigenvalue weighted by atomic mass is 9.78. The third-order valence-corrected chi connectivity index (χ3v) is 4.27. The van der Waals surface area contributed by atoms with Gasteiger partial charge in [0.15, 0.2) is 0 Å². The molecule has 0 aromatic carbocycles. The average Bonchev–Trinajstić information content (AvgIpc) is 2.58. The Morgan fingerprint density at radius 3 is 2.75 bits per heavy atom. The molecule has 16 heavy (non-hydrogen) atoms. The van der Waals surface area contributed by atoms with E-state index in [-0.39, 0.29) is 6.42 Å². The second-order valence-electron chi connectivity index (χ2n) is 4.71. The summed E-state index contributed by atoms with van der Waals surface area (Å²) >= 11 is 1.59. The van der Waals surface area contributed by atoms with Gasteiger partial charge in [0.05, 0.1) is 6.42 Å². The van der Waals surface area contributed by atoms with Crippen LogP contribution in [0.5, 0.6) is 0 Å². The molecular formula is C12H17NO2S. The second-order valence-corrected chi connectivity index (χ2v) is 5.96. The van der Waals surface area contributed by atoms with Crippen LogP contribution in [0.4, 0.5) is 0 Å². The van der Waals surface area contributed by atoms with Crippen molar-refractivity contribution < 1.29 is 9.90 Å². The van der Waals surface area contributed by atoms with Crippen molar-refractivity contribution in [3.05, 3.63) is 21.9 Å². The summed E-state index contributed by atoms with van der Waals surface area (Å²) in [6.07, 6.45) is 3.96. The van der Waals surface area contributed by atoms with Gasteiger partial charge in [-0.05, 0) is 38.3 Å². The number of carboxylic acid groups (broad SMARTS) is 1. The van der Waals surface area contributed by atoms with E-state index in [2.05, 4.69) is 12.2 Å². The number of rotatable bonds is 5. The zero-order valence-corrected chi connectivity index (χ0v) is 10.3. The molecule has 0 amide bonds. The van der Waals surface area contributed by atoms with Crippen molar-refractivity contribution in [1.82, 2.24) is 5.32 Å². The van der Waals surface area contributed by atoms with E-state index < -0.39 is 5.97 Å². The van der Waals surface area contributed by atoms with Gasteiger partial charge >= 0.3 is 5.97 Å². The Morgan fingerprint density at radius 2 is 2.19 bits per heavy atom. The number of hydrogen-bond donors (Lipinski definition) is 2. The van der Waals surface area contributed by atoms with E-state index in [1.54, 1.807) is 11.3 Å². The van der Waals surface area contributed by atoms with Gasteiger partial charge in [-0.25, -0.2) is 0 Å². The number of carbonyl (C=O) groups is 1. The SMILES string of the molecule is CC1(NCc2ccc(CC(=O)O)s2)CCC1. The minimum absolute atomic E-state index is 0.141. The molecule has 1 aliphatic rings. The molecule has 1 heterocycles. The van der Waals surface area contributed by atoms with Crippen molar-refractivity contribution in [3.8, 4) is 0 Å². The zero-order valence-electron chi connectivity index (χ0n) is 9.45. The van der Waals surface area contributed by atoms with E-state index in [4.69, 9.17) is 5.11 Å². The van der Waals surface area contributed by atoms with Crippen LogP contribution in [0.15, 0.2) is 12.1 Å². The molecule has 1 saturated carbocycles. The monoisotopic (exact) mass is 239 g/mol. The second kappa shape index (κ2) is 4.55. The molecule has 0 bridgehead atoms. The Kier molecular flexibility index (Phi) is 3.30. The lowest BCUT2D eigenvalue weighted by Gasteiger charge is -2.39. The molecule has 1 aromatic heterocycles. The van der Waals surface area contributed by atoms with Crippen molar-refractivity contribution in [3.63, 3.8) is 0 Å². The van der Waals surface area contributed by atoms with Gasteiger partial charge in [0.1, 0.15) is 0 Å². The Labute approximate surface area is 99.5 Å². The molecule has 88 valence electrons. The van der Waals surface area contributed by atoms with Gasteiger partial charge in [-0.2, -0.15) is 0 Å². The number of nitrogens with one attached hydrogen (secondary N) is 1. The van der Waals surface area contributed by atoms with Gasteiger partial charge in [-0.15, -0.1) is 11.3 Å². The lowest BCUT2D eigenvalue weighted by Crippen LogP contribution is -2.47. The molecule has 1 aliphatic carbocycles. The first-order valence-corrected chi connectivity index (χ1v) is 6.43. The zero-order chi connectivity index (χ0) is 11.6. The van der Waals surface area contributed by atoms with E-state index in [1.165, 1.54) is 24.1 Å². The topological polar surface area (TPSA) is 49.3 Å². The van der Waals surface area contributed by atoms with E-state index >= 15 is 0 Å². The van der Waals surface area contributed by atoms with Crippen LogP contribution in [0, 0.1) is 0 Å². The fourth-order valence-electron chi connectivity index (χ4n) is 1.95. The van der Waals surface area contributed by atoms with E-state index in [9.17, 15) is 4.79 Å². The van der Waals surface area contributed by atoms with Crippen LogP contribution in [0.2, 0.25) is 0 Å². The predicted molar refractivity (Wildman–Crippen MR) is 64.8 cm³/mol. The van der Waals surface area contributed by atoms with Gasteiger partial charge in [0, 0.05) is 21.8 Å². The van der Waals surface area contributed by atoms with Crippen LogP contribution in [0.3, 0.4) is 0 Å². The number of hydrogen-bond acceptors (Lipinski definition) is 3. The summed E-state index contributed by atoms with van der Waals surface area (Å²) in [4.78, 5) is 12.7. The first-order chi connectivity index (χ1) is 7.57. The quantitative estimate of drug-likeness (QED) is 0.829. The Morgan fingerprint density at radius 1 is 1.50 bits per heavy atom. The summed E-state index contributed by atoms with van der Waals surface area (Å²) in [5, 5.41) is 12.2. The number of thiophene rings is 1. The summed E-state index contributed by atoms with van der Waals surface area (Å²) in [6, 6.07) is 3.94. The van der Waals surface area contributed by atoms with E-state index in [0.29, 0.717) is 5.54 Å². The van der Waals surface area contributed by atoms with Crippen molar-refractivity contribution in [2.45, 2.75) is 44.7 Å². The normalized spacial score (nSPS) is 18.1.